The van der Waals surface area contributed by atoms with Crippen LogP contribution in [0.25, 0.3) is 11.1 Å². The third-order valence-electron chi connectivity index (χ3n) is 2.61. The molecule has 98 valence electrons. The topological polar surface area (TPSA) is 26.3 Å². The normalized spacial score (nSPS) is 10.3. The third-order valence-corrected chi connectivity index (χ3v) is 2.98. The Hall–Kier alpha value is -1.88. The molecule has 0 aromatic heterocycles. The largest absolute Gasteiger partial charge is 0.465 e. The van der Waals surface area contributed by atoms with Gasteiger partial charge in [0.15, 0.2) is 0 Å². The average molecular weight is 280 g/mol. The van der Waals surface area contributed by atoms with E-state index in [1.54, 1.807) is 18.2 Å². The minimum atomic E-state index is -0.713. The van der Waals surface area contributed by atoms with E-state index >= 15 is 0 Å². The zero-order valence-electron chi connectivity index (χ0n) is 9.98. The SMILES string of the molecule is COC(=O)c1c(S)cccc1-c1cc(F)cc(F)c1. The molecule has 0 heterocycles. The Kier molecular flexibility index (Phi) is 3.85. The van der Waals surface area contributed by atoms with E-state index in [4.69, 9.17) is 0 Å². The maximum absolute atomic E-state index is 13.3. The van der Waals surface area contributed by atoms with E-state index in [1.807, 2.05) is 0 Å². The molecule has 0 fully saturated rings. The summed E-state index contributed by atoms with van der Waals surface area (Å²) in [5, 5.41) is 0. The molecule has 0 saturated carbocycles. The number of esters is 1. The fraction of sp³-hybridized carbons (Fsp3) is 0.0714. The van der Waals surface area contributed by atoms with Crippen molar-refractivity contribution >= 4 is 18.6 Å². The lowest BCUT2D eigenvalue weighted by molar-refractivity contribution is 0.0598. The first kappa shape index (κ1) is 13.5. The molecule has 0 bridgehead atoms. The molecule has 5 heteroatoms. The lowest BCUT2D eigenvalue weighted by atomic mass is 9.99. The van der Waals surface area contributed by atoms with Crippen molar-refractivity contribution in [3.8, 4) is 11.1 Å². The van der Waals surface area contributed by atoms with Gasteiger partial charge in [-0.1, -0.05) is 12.1 Å². The highest BCUT2D eigenvalue weighted by molar-refractivity contribution is 7.80. The average Bonchev–Trinajstić information content (AvgIpc) is 2.36. The van der Waals surface area contributed by atoms with Crippen molar-refractivity contribution in [2.24, 2.45) is 0 Å². The summed E-state index contributed by atoms with van der Waals surface area (Å²) in [5.74, 6) is -2.03. The van der Waals surface area contributed by atoms with E-state index in [-0.39, 0.29) is 11.1 Å². The Morgan fingerprint density at radius 2 is 1.79 bits per heavy atom. The Bertz CT molecular complexity index is 621. The molecule has 0 aliphatic rings. The first-order valence-electron chi connectivity index (χ1n) is 5.39. The molecule has 0 aliphatic heterocycles. The quantitative estimate of drug-likeness (QED) is 0.670. The van der Waals surface area contributed by atoms with Gasteiger partial charge in [-0.2, -0.15) is 0 Å². The molecule has 0 spiro atoms. The van der Waals surface area contributed by atoms with Crippen LogP contribution in [0.5, 0.6) is 0 Å². The van der Waals surface area contributed by atoms with Gasteiger partial charge in [0, 0.05) is 11.0 Å². The molecule has 2 aromatic rings. The Morgan fingerprint density at radius 1 is 1.16 bits per heavy atom. The second-order valence-corrected chi connectivity index (χ2v) is 4.33. The molecule has 0 N–H and O–H groups in total. The molecule has 2 nitrogen and oxygen atoms in total. The standard InChI is InChI=1S/C14H10F2O2S/c1-18-14(17)13-11(3-2-4-12(13)19)8-5-9(15)7-10(16)6-8/h2-7,19H,1H3. The minimum absolute atomic E-state index is 0.179. The van der Waals surface area contributed by atoms with Crippen molar-refractivity contribution in [2.45, 2.75) is 4.90 Å². The lowest BCUT2D eigenvalue weighted by Gasteiger charge is -2.10. The van der Waals surface area contributed by atoms with Gasteiger partial charge in [-0.15, -0.1) is 12.6 Å². The van der Waals surface area contributed by atoms with Crippen LogP contribution in [0.3, 0.4) is 0 Å². The van der Waals surface area contributed by atoms with Crippen LogP contribution in [0, 0.1) is 11.6 Å². The Labute approximate surface area is 114 Å². The smallest absolute Gasteiger partial charge is 0.339 e. The molecule has 0 radical (unpaired) electrons. The third kappa shape index (κ3) is 2.76. The highest BCUT2D eigenvalue weighted by Crippen LogP contribution is 2.29. The van der Waals surface area contributed by atoms with Crippen molar-refractivity contribution in [1.82, 2.24) is 0 Å². The first-order chi connectivity index (χ1) is 9.02. The zero-order valence-corrected chi connectivity index (χ0v) is 10.9. The summed E-state index contributed by atoms with van der Waals surface area (Å²) in [7, 11) is 1.23. The number of thiol groups is 1. The number of methoxy groups -OCH3 is 1. The van der Waals surface area contributed by atoms with Gasteiger partial charge in [0.05, 0.1) is 12.7 Å². The van der Waals surface area contributed by atoms with Crippen LogP contribution in [0.4, 0.5) is 8.78 Å². The van der Waals surface area contributed by atoms with Crippen LogP contribution in [0.15, 0.2) is 41.3 Å². The van der Waals surface area contributed by atoms with Crippen LogP contribution >= 0.6 is 12.6 Å². The van der Waals surface area contributed by atoms with E-state index in [0.29, 0.717) is 10.5 Å². The predicted molar refractivity (Wildman–Crippen MR) is 70.4 cm³/mol. The van der Waals surface area contributed by atoms with Crippen molar-refractivity contribution in [1.29, 1.82) is 0 Å². The summed E-state index contributed by atoms with van der Waals surface area (Å²) in [6.45, 7) is 0. The molecule has 0 atom stereocenters. The van der Waals surface area contributed by atoms with Crippen molar-refractivity contribution in [3.63, 3.8) is 0 Å². The van der Waals surface area contributed by atoms with Crippen LogP contribution in [0.2, 0.25) is 0 Å². The molecule has 2 rings (SSSR count). The molecular weight excluding hydrogens is 270 g/mol. The van der Waals surface area contributed by atoms with Crippen LogP contribution in [-0.4, -0.2) is 13.1 Å². The second kappa shape index (κ2) is 5.40. The number of hydrogen-bond donors (Lipinski definition) is 1. The number of rotatable bonds is 2. The Balaban J connectivity index is 2.68. The maximum atomic E-state index is 13.3. The number of benzene rings is 2. The van der Waals surface area contributed by atoms with Gasteiger partial charge >= 0.3 is 5.97 Å². The number of carbonyl (C=O) groups is 1. The molecule has 19 heavy (non-hydrogen) atoms. The number of ether oxygens (including phenoxy) is 1. The van der Waals surface area contributed by atoms with Crippen molar-refractivity contribution < 1.29 is 18.3 Å². The molecular formula is C14H10F2O2S. The van der Waals surface area contributed by atoms with E-state index in [0.717, 1.165) is 18.2 Å². The van der Waals surface area contributed by atoms with Gasteiger partial charge in [-0.05, 0) is 29.3 Å². The lowest BCUT2D eigenvalue weighted by Crippen LogP contribution is -2.05. The minimum Gasteiger partial charge on any atom is -0.465 e. The molecule has 0 aliphatic carbocycles. The second-order valence-electron chi connectivity index (χ2n) is 3.85. The van der Waals surface area contributed by atoms with Gasteiger partial charge < -0.3 is 4.74 Å². The predicted octanol–water partition coefficient (Wildman–Crippen LogP) is 3.71. The van der Waals surface area contributed by atoms with Crippen LogP contribution in [0.1, 0.15) is 10.4 Å². The van der Waals surface area contributed by atoms with E-state index in [9.17, 15) is 13.6 Å². The first-order valence-corrected chi connectivity index (χ1v) is 5.84. The van der Waals surface area contributed by atoms with Crippen LogP contribution in [-0.2, 0) is 4.74 Å². The van der Waals surface area contributed by atoms with E-state index in [2.05, 4.69) is 17.4 Å². The van der Waals surface area contributed by atoms with E-state index in [1.165, 1.54) is 7.11 Å². The van der Waals surface area contributed by atoms with E-state index < -0.39 is 17.6 Å². The summed E-state index contributed by atoms with van der Waals surface area (Å²) in [6, 6.07) is 7.91. The fourth-order valence-corrected chi connectivity index (χ4v) is 2.10. The van der Waals surface area contributed by atoms with Crippen LogP contribution < -0.4 is 0 Å². The number of halogens is 2. The summed E-state index contributed by atoms with van der Waals surface area (Å²) >= 11 is 4.17. The Morgan fingerprint density at radius 3 is 2.37 bits per heavy atom. The highest BCUT2D eigenvalue weighted by Gasteiger charge is 2.17. The molecule has 0 unspecified atom stereocenters. The van der Waals surface area contributed by atoms with Gasteiger partial charge in [-0.3, -0.25) is 0 Å². The fourth-order valence-electron chi connectivity index (χ4n) is 1.81. The maximum Gasteiger partial charge on any atom is 0.339 e. The van der Waals surface area contributed by atoms with Gasteiger partial charge in [0.2, 0.25) is 0 Å². The van der Waals surface area contributed by atoms with Gasteiger partial charge in [0.1, 0.15) is 11.6 Å². The van der Waals surface area contributed by atoms with Crippen molar-refractivity contribution in [2.75, 3.05) is 7.11 Å². The summed E-state index contributed by atoms with van der Waals surface area (Å²) in [4.78, 5) is 12.1. The molecule has 2 aromatic carbocycles. The molecule has 0 saturated heterocycles. The molecule has 0 amide bonds. The monoisotopic (exact) mass is 280 g/mol. The van der Waals surface area contributed by atoms with Gasteiger partial charge in [-0.25, -0.2) is 13.6 Å². The summed E-state index contributed by atoms with van der Waals surface area (Å²) in [6.07, 6.45) is 0. The van der Waals surface area contributed by atoms with Crippen molar-refractivity contribution in [3.05, 3.63) is 53.6 Å². The number of carbonyl (C=O) groups excluding carboxylic acids is 1. The summed E-state index contributed by atoms with van der Waals surface area (Å²) in [5.41, 5.74) is 0.810. The van der Waals surface area contributed by atoms with Gasteiger partial charge in [0.25, 0.3) is 0 Å². The zero-order chi connectivity index (χ0) is 14.0. The highest BCUT2D eigenvalue weighted by atomic mass is 32.1. The summed E-state index contributed by atoms with van der Waals surface area (Å²) < 4.78 is 31.2. The number of hydrogen-bond acceptors (Lipinski definition) is 3.